The number of nitrogens with one attached hydrogen (secondary N) is 1. The molecule has 1 aliphatic rings. The van der Waals surface area contributed by atoms with Gasteiger partial charge in [-0.1, -0.05) is 31.5 Å². The maximum Gasteiger partial charge on any atom is 0.331 e. The molecule has 4 nitrogen and oxygen atoms in total. The summed E-state index contributed by atoms with van der Waals surface area (Å²) in [4.78, 5) is 25.3. The van der Waals surface area contributed by atoms with Crippen molar-refractivity contribution in [2.75, 3.05) is 7.11 Å². The first-order valence-corrected chi connectivity index (χ1v) is 9.64. The van der Waals surface area contributed by atoms with E-state index in [1.165, 1.54) is 12.7 Å². The van der Waals surface area contributed by atoms with Gasteiger partial charge in [-0.05, 0) is 75.0 Å². The molecule has 0 spiro atoms. The number of ether oxygens (including phenoxy) is 1. The second kappa shape index (κ2) is 8.24. The highest BCUT2D eigenvalue weighted by Crippen LogP contribution is 2.36. The third-order valence-corrected chi connectivity index (χ3v) is 5.96. The zero-order chi connectivity index (χ0) is 19.5. The predicted octanol–water partition coefficient (Wildman–Crippen LogP) is 4.03. The van der Waals surface area contributed by atoms with Crippen LogP contribution in [0.4, 0.5) is 0 Å². The Labute approximate surface area is 157 Å². The van der Waals surface area contributed by atoms with E-state index in [0.29, 0.717) is 31.1 Å². The average molecular weight is 360 g/mol. The predicted molar refractivity (Wildman–Crippen MR) is 104 cm³/mol. The molecule has 0 aliphatic heterocycles. The number of carbonyl (C=O) groups is 2. The molecule has 1 fully saturated rings. The topological polar surface area (TPSA) is 55.4 Å². The first-order chi connectivity index (χ1) is 12.2. The molecule has 1 aromatic rings. The minimum Gasteiger partial charge on any atom is -0.467 e. The fourth-order valence-electron chi connectivity index (χ4n) is 4.34. The van der Waals surface area contributed by atoms with Gasteiger partial charge in [0, 0.05) is 0 Å². The van der Waals surface area contributed by atoms with Crippen molar-refractivity contribution in [3.8, 4) is 0 Å². The molecule has 144 valence electrons. The Hall–Kier alpha value is -1.84. The van der Waals surface area contributed by atoms with Gasteiger partial charge >= 0.3 is 5.97 Å². The van der Waals surface area contributed by atoms with E-state index in [-0.39, 0.29) is 11.9 Å². The number of esters is 1. The van der Waals surface area contributed by atoms with Gasteiger partial charge < -0.3 is 10.1 Å². The van der Waals surface area contributed by atoms with Crippen molar-refractivity contribution in [3.63, 3.8) is 0 Å². The van der Waals surface area contributed by atoms with E-state index in [9.17, 15) is 9.59 Å². The summed E-state index contributed by atoms with van der Waals surface area (Å²) in [5, 5.41) is 3.05. The van der Waals surface area contributed by atoms with Crippen molar-refractivity contribution in [3.05, 3.63) is 34.4 Å². The highest BCUT2D eigenvalue weighted by atomic mass is 16.5. The molecule has 1 amide bonds. The number of methoxy groups -OCH3 is 1. The van der Waals surface area contributed by atoms with E-state index in [1.54, 1.807) is 0 Å². The lowest BCUT2D eigenvalue weighted by Crippen LogP contribution is -2.57. The summed E-state index contributed by atoms with van der Waals surface area (Å²) in [5.74, 6) is 0.782. The molecule has 0 bridgehead atoms. The molecule has 4 heteroatoms. The molecule has 1 aromatic carbocycles. The van der Waals surface area contributed by atoms with E-state index in [4.69, 9.17) is 4.74 Å². The maximum atomic E-state index is 12.8. The van der Waals surface area contributed by atoms with Gasteiger partial charge in [-0.25, -0.2) is 4.79 Å². The Morgan fingerprint density at radius 1 is 1.15 bits per heavy atom. The summed E-state index contributed by atoms with van der Waals surface area (Å²) in [5.41, 5.74) is 3.61. The second-order valence-electron chi connectivity index (χ2n) is 8.26. The van der Waals surface area contributed by atoms with Crippen LogP contribution in [-0.2, 0) is 20.7 Å². The molecular formula is C22H33NO3. The smallest absolute Gasteiger partial charge is 0.331 e. The lowest BCUT2D eigenvalue weighted by atomic mass is 9.72. The number of hydrogen-bond acceptors (Lipinski definition) is 3. The zero-order valence-electron chi connectivity index (χ0n) is 17.1. The van der Waals surface area contributed by atoms with Gasteiger partial charge in [-0.15, -0.1) is 0 Å². The summed E-state index contributed by atoms with van der Waals surface area (Å²) >= 11 is 0. The second-order valence-corrected chi connectivity index (χ2v) is 8.26. The molecule has 0 unspecified atom stereocenters. The van der Waals surface area contributed by atoms with Gasteiger partial charge in [-0.2, -0.15) is 0 Å². The third kappa shape index (κ3) is 4.46. The number of benzene rings is 1. The van der Waals surface area contributed by atoms with Crippen LogP contribution in [0.5, 0.6) is 0 Å². The van der Waals surface area contributed by atoms with Crippen LogP contribution in [0.3, 0.4) is 0 Å². The Balaban J connectivity index is 2.14. The molecule has 0 radical (unpaired) electrons. The summed E-state index contributed by atoms with van der Waals surface area (Å²) < 4.78 is 5.05. The molecule has 1 saturated carbocycles. The molecule has 0 heterocycles. The molecule has 1 aliphatic carbocycles. The quantitative estimate of drug-likeness (QED) is 0.808. The molecule has 0 aromatic heterocycles. The number of amides is 1. The minimum absolute atomic E-state index is 0.103. The fraction of sp³-hybridized carbons (Fsp3) is 0.636. The van der Waals surface area contributed by atoms with Gasteiger partial charge in [0.1, 0.15) is 5.54 Å². The standard InChI is InChI=1S/C22H33NO3/c1-14(2)18-7-9-22(10-8-18,21(25)26-6)23-20(24)13-19-16(4)11-15(3)12-17(19)5/h11-12,14,18H,7-10,13H2,1-6H3,(H,23,24). The summed E-state index contributed by atoms with van der Waals surface area (Å²) in [6, 6.07) is 4.19. The Bertz CT molecular complexity index is 647. The van der Waals surface area contributed by atoms with Gasteiger partial charge in [0.05, 0.1) is 13.5 Å². The molecule has 1 N–H and O–H groups in total. The normalized spacial score (nSPS) is 23.0. The monoisotopic (exact) mass is 359 g/mol. The lowest BCUT2D eigenvalue weighted by molar-refractivity contribution is -0.153. The van der Waals surface area contributed by atoms with Crippen LogP contribution < -0.4 is 5.32 Å². The highest BCUT2D eigenvalue weighted by Gasteiger charge is 2.44. The van der Waals surface area contributed by atoms with Crippen molar-refractivity contribution in [2.45, 2.75) is 72.3 Å². The van der Waals surface area contributed by atoms with E-state index in [1.807, 2.05) is 13.8 Å². The number of carbonyl (C=O) groups excluding carboxylic acids is 2. The van der Waals surface area contributed by atoms with E-state index in [0.717, 1.165) is 29.5 Å². The average Bonchev–Trinajstić information content (AvgIpc) is 2.57. The minimum atomic E-state index is -0.871. The van der Waals surface area contributed by atoms with Crippen LogP contribution in [0.1, 0.15) is 61.8 Å². The molecule has 0 atom stereocenters. The molecule has 26 heavy (non-hydrogen) atoms. The van der Waals surface area contributed by atoms with Crippen LogP contribution in [0, 0.1) is 32.6 Å². The number of hydrogen-bond donors (Lipinski definition) is 1. The molecule has 0 saturated heterocycles. The fourth-order valence-corrected chi connectivity index (χ4v) is 4.34. The summed E-state index contributed by atoms with van der Waals surface area (Å²) in [6.07, 6.45) is 3.48. The van der Waals surface area contributed by atoms with Crippen molar-refractivity contribution >= 4 is 11.9 Å². The van der Waals surface area contributed by atoms with Gasteiger partial charge in [0.25, 0.3) is 0 Å². The summed E-state index contributed by atoms with van der Waals surface area (Å²) in [7, 11) is 1.40. The first kappa shape index (κ1) is 20.5. The van der Waals surface area contributed by atoms with Gasteiger partial charge in [-0.3, -0.25) is 4.79 Å². The van der Waals surface area contributed by atoms with E-state index in [2.05, 4.69) is 38.2 Å². The highest BCUT2D eigenvalue weighted by molar-refractivity contribution is 5.89. The van der Waals surface area contributed by atoms with Crippen molar-refractivity contribution in [1.82, 2.24) is 5.32 Å². The van der Waals surface area contributed by atoms with E-state index >= 15 is 0 Å². The van der Waals surface area contributed by atoms with Crippen LogP contribution >= 0.6 is 0 Å². The van der Waals surface area contributed by atoms with Crippen molar-refractivity contribution < 1.29 is 14.3 Å². The summed E-state index contributed by atoms with van der Waals surface area (Å²) in [6.45, 7) is 10.6. The Morgan fingerprint density at radius 2 is 1.69 bits per heavy atom. The van der Waals surface area contributed by atoms with Crippen LogP contribution in [0.15, 0.2) is 12.1 Å². The van der Waals surface area contributed by atoms with Crippen LogP contribution in [-0.4, -0.2) is 24.5 Å². The zero-order valence-corrected chi connectivity index (χ0v) is 17.1. The third-order valence-electron chi connectivity index (χ3n) is 5.96. The largest absolute Gasteiger partial charge is 0.467 e. The first-order valence-electron chi connectivity index (χ1n) is 9.64. The van der Waals surface area contributed by atoms with Crippen molar-refractivity contribution in [2.24, 2.45) is 11.8 Å². The SMILES string of the molecule is COC(=O)C1(NC(=O)Cc2c(C)cc(C)cc2C)CCC(C(C)C)CC1. The molecular weight excluding hydrogens is 326 g/mol. The Morgan fingerprint density at radius 3 is 2.15 bits per heavy atom. The van der Waals surface area contributed by atoms with E-state index < -0.39 is 5.54 Å². The number of aryl methyl sites for hydroxylation is 3. The number of rotatable bonds is 5. The lowest BCUT2D eigenvalue weighted by Gasteiger charge is -2.39. The Kier molecular flexibility index (Phi) is 6.48. The van der Waals surface area contributed by atoms with Crippen molar-refractivity contribution in [1.29, 1.82) is 0 Å². The van der Waals surface area contributed by atoms with Crippen LogP contribution in [0.2, 0.25) is 0 Å². The van der Waals surface area contributed by atoms with Crippen LogP contribution in [0.25, 0.3) is 0 Å². The van der Waals surface area contributed by atoms with Gasteiger partial charge in [0.2, 0.25) is 5.91 Å². The van der Waals surface area contributed by atoms with Gasteiger partial charge in [0.15, 0.2) is 0 Å². The maximum absolute atomic E-state index is 12.8. The molecule has 2 rings (SSSR count).